The first-order valence-electron chi connectivity index (χ1n) is 10.6. The van der Waals surface area contributed by atoms with Crippen molar-refractivity contribution in [1.29, 1.82) is 0 Å². The van der Waals surface area contributed by atoms with E-state index in [1.807, 2.05) is 66.1 Å². The predicted octanol–water partition coefficient (Wildman–Crippen LogP) is 4.42. The van der Waals surface area contributed by atoms with Gasteiger partial charge in [0.2, 0.25) is 0 Å². The van der Waals surface area contributed by atoms with Crippen molar-refractivity contribution in [3.63, 3.8) is 0 Å². The first kappa shape index (κ1) is 20.6. The number of aromatic nitrogens is 5. The molecule has 8 nitrogen and oxygen atoms in total. The van der Waals surface area contributed by atoms with Crippen LogP contribution in [-0.4, -0.2) is 37.9 Å². The number of pyridine rings is 1. The van der Waals surface area contributed by atoms with Gasteiger partial charge in [-0.05, 0) is 36.1 Å². The van der Waals surface area contributed by atoms with Gasteiger partial charge < -0.3 is 14.6 Å². The van der Waals surface area contributed by atoms with Gasteiger partial charge >= 0.3 is 0 Å². The summed E-state index contributed by atoms with van der Waals surface area (Å²) in [5, 5.41) is 5.19. The molecule has 0 fully saturated rings. The highest BCUT2D eigenvalue weighted by Gasteiger charge is 2.16. The standard InChI is InChI=1S/C25H22N6O2/c1-16(21-11-18-5-3-4-6-20(18)22(13-32)30-21)29-24-23-25(27-14-26-24)31(15-28-23)12-17-7-9-19(33-2)10-8-17/h3-11,13-16H,12H2,1-2H3,(H,26,27,29). The first-order valence-corrected chi connectivity index (χ1v) is 10.6. The van der Waals surface area contributed by atoms with E-state index in [1.165, 1.54) is 6.33 Å². The maximum Gasteiger partial charge on any atom is 0.169 e. The number of carbonyl (C=O) groups excluding carboxylic acids is 1. The zero-order valence-corrected chi connectivity index (χ0v) is 18.3. The number of hydrogen-bond acceptors (Lipinski definition) is 7. The molecular weight excluding hydrogens is 416 g/mol. The molecule has 5 rings (SSSR count). The Kier molecular flexibility index (Phi) is 5.40. The number of anilines is 1. The Labute approximate surface area is 190 Å². The molecule has 3 heterocycles. The van der Waals surface area contributed by atoms with Crippen molar-refractivity contribution in [2.24, 2.45) is 0 Å². The van der Waals surface area contributed by atoms with E-state index in [9.17, 15) is 4.79 Å². The highest BCUT2D eigenvalue weighted by atomic mass is 16.5. The number of rotatable bonds is 7. The van der Waals surface area contributed by atoms with E-state index in [2.05, 4.69) is 25.3 Å². The number of methoxy groups -OCH3 is 1. The summed E-state index contributed by atoms with van der Waals surface area (Å²) in [6.07, 6.45) is 4.08. The fraction of sp³-hybridized carbons (Fsp3) is 0.160. The SMILES string of the molecule is COc1ccc(Cn2cnc3c(NC(C)c4cc5ccccc5c(C=O)n4)ncnc32)cc1. The van der Waals surface area contributed by atoms with Gasteiger partial charge in [-0.3, -0.25) is 4.79 Å². The average Bonchev–Trinajstić information content (AvgIpc) is 3.27. The Bertz CT molecular complexity index is 1450. The minimum atomic E-state index is -0.196. The van der Waals surface area contributed by atoms with Crippen LogP contribution in [-0.2, 0) is 6.54 Å². The molecule has 1 unspecified atom stereocenters. The number of hydrogen-bond donors (Lipinski definition) is 1. The molecular formula is C25H22N6O2. The van der Waals surface area contributed by atoms with Crippen LogP contribution < -0.4 is 10.1 Å². The largest absolute Gasteiger partial charge is 0.497 e. The normalized spacial score (nSPS) is 12.1. The molecule has 164 valence electrons. The number of benzene rings is 2. The van der Waals surface area contributed by atoms with Gasteiger partial charge in [0, 0.05) is 5.39 Å². The number of aldehydes is 1. The average molecular weight is 438 g/mol. The molecule has 0 saturated heterocycles. The Hall–Kier alpha value is -4.33. The summed E-state index contributed by atoms with van der Waals surface area (Å²) in [6.45, 7) is 2.61. The third-order valence-electron chi connectivity index (χ3n) is 5.61. The highest BCUT2D eigenvalue weighted by molar-refractivity contribution is 5.96. The van der Waals surface area contributed by atoms with E-state index >= 15 is 0 Å². The van der Waals surface area contributed by atoms with Gasteiger partial charge in [0.25, 0.3) is 0 Å². The molecule has 0 saturated carbocycles. The molecule has 0 bridgehead atoms. The summed E-state index contributed by atoms with van der Waals surface area (Å²) in [7, 11) is 1.65. The van der Waals surface area contributed by atoms with E-state index < -0.39 is 0 Å². The van der Waals surface area contributed by atoms with Gasteiger partial charge in [-0.15, -0.1) is 0 Å². The van der Waals surface area contributed by atoms with Crippen LogP contribution in [0, 0.1) is 0 Å². The predicted molar refractivity (Wildman–Crippen MR) is 127 cm³/mol. The van der Waals surface area contributed by atoms with E-state index in [-0.39, 0.29) is 6.04 Å². The Morgan fingerprint density at radius 1 is 1.09 bits per heavy atom. The van der Waals surface area contributed by atoms with Crippen molar-refractivity contribution in [3.05, 3.63) is 84.2 Å². The Morgan fingerprint density at radius 3 is 2.70 bits per heavy atom. The van der Waals surface area contributed by atoms with Crippen molar-refractivity contribution >= 4 is 34.0 Å². The summed E-state index contributed by atoms with van der Waals surface area (Å²) < 4.78 is 7.21. The third kappa shape index (κ3) is 3.98. The number of nitrogens with one attached hydrogen (secondary N) is 1. The molecule has 33 heavy (non-hydrogen) atoms. The van der Waals surface area contributed by atoms with E-state index in [0.717, 1.165) is 39.7 Å². The molecule has 0 aliphatic heterocycles. The smallest absolute Gasteiger partial charge is 0.169 e. The minimum absolute atomic E-state index is 0.196. The zero-order valence-electron chi connectivity index (χ0n) is 18.3. The Morgan fingerprint density at radius 2 is 1.91 bits per heavy atom. The van der Waals surface area contributed by atoms with Crippen molar-refractivity contribution < 1.29 is 9.53 Å². The topological polar surface area (TPSA) is 94.8 Å². The number of nitrogens with zero attached hydrogens (tertiary/aromatic N) is 5. The fourth-order valence-electron chi connectivity index (χ4n) is 3.87. The minimum Gasteiger partial charge on any atom is -0.497 e. The summed E-state index contributed by atoms with van der Waals surface area (Å²) in [5.74, 6) is 1.43. The summed E-state index contributed by atoms with van der Waals surface area (Å²) in [5.41, 5.74) is 3.69. The number of imidazole rings is 1. The molecule has 3 aromatic heterocycles. The van der Waals surface area contributed by atoms with Crippen molar-refractivity contribution in [2.75, 3.05) is 12.4 Å². The molecule has 8 heteroatoms. The number of ether oxygens (including phenoxy) is 1. The molecule has 2 aromatic carbocycles. The van der Waals surface area contributed by atoms with Crippen LogP contribution in [0.15, 0.2) is 67.3 Å². The molecule has 1 atom stereocenters. The van der Waals surface area contributed by atoms with Gasteiger partial charge in [0.15, 0.2) is 17.8 Å². The number of fused-ring (bicyclic) bond motifs is 2. The second kappa shape index (κ2) is 8.66. The zero-order chi connectivity index (χ0) is 22.8. The summed E-state index contributed by atoms with van der Waals surface area (Å²) in [4.78, 5) is 29.6. The van der Waals surface area contributed by atoms with Gasteiger partial charge in [0.05, 0.1) is 31.7 Å². The van der Waals surface area contributed by atoms with Gasteiger partial charge in [-0.2, -0.15) is 0 Å². The molecule has 0 radical (unpaired) electrons. The van der Waals surface area contributed by atoms with Crippen molar-refractivity contribution in [3.8, 4) is 5.75 Å². The lowest BCUT2D eigenvalue weighted by Crippen LogP contribution is -2.11. The fourth-order valence-corrected chi connectivity index (χ4v) is 3.87. The summed E-state index contributed by atoms with van der Waals surface area (Å²) >= 11 is 0. The lowest BCUT2D eigenvalue weighted by Gasteiger charge is -2.16. The van der Waals surface area contributed by atoms with Crippen molar-refractivity contribution in [1.82, 2.24) is 24.5 Å². The second-order valence-electron chi connectivity index (χ2n) is 7.75. The van der Waals surface area contributed by atoms with Gasteiger partial charge in [-0.25, -0.2) is 19.9 Å². The van der Waals surface area contributed by atoms with Crippen molar-refractivity contribution in [2.45, 2.75) is 19.5 Å². The first-order chi connectivity index (χ1) is 16.2. The van der Waals surface area contributed by atoms with Crippen LogP contribution in [0.25, 0.3) is 21.9 Å². The van der Waals surface area contributed by atoms with E-state index in [1.54, 1.807) is 13.4 Å². The second-order valence-corrected chi connectivity index (χ2v) is 7.75. The Balaban J connectivity index is 1.43. The number of carbonyl (C=O) groups is 1. The highest BCUT2D eigenvalue weighted by Crippen LogP contribution is 2.26. The van der Waals surface area contributed by atoms with Crippen LogP contribution in [0.3, 0.4) is 0 Å². The molecule has 1 N–H and O–H groups in total. The van der Waals surface area contributed by atoms with Crippen LogP contribution in [0.2, 0.25) is 0 Å². The lowest BCUT2D eigenvalue weighted by atomic mass is 10.1. The molecule has 0 aliphatic carbocycles. The van der Waals surface area contributed by atoms with Crippen LogP contribution in [0.1, 0.15) is 34.7 Å². The van der Waals surface area contributed by atoms with E-state index in [4.69, 9.17) is 4.74 Å². The van der Waals surface area contributed by atoms with Gasteiger partial charge in [0.1, 0.15) is 23.3 Å². The maximum absolute atomic E-state index is 11.6. The third-order valence-corrected chi connectivity index (χ3v) is 5.61. The maximum atomic E-state index is 11.6. The molecule has 0 amide bonds. The van der Waals surface area contributed by atoms with Crippen LogP contribution in [0.5, 0.6) is 5.75 Å². The van der Waals surface area contributed by atoms with Gasteiger partial charge in [-0.1, -0.05) is 36.4 Å². The molecule has 0 spiro atoms. The molecule has 5 aromatic rings. The van der Waals surface area contributed by atoms with Crippen LogP contribution in [0.4, 0.5) is 5.82 Å². The monoisotopic (exact) mass is 438 g/mol. The van der Waals surface area contributed by atoms with E-state index in [0.29, 0.717) is 23.6 Å². The van der Waals surface area contributed by atoms with Crippen LogP contribution >= 0.6 is 0 Å². The lowest BCUT2D eigenvalue weighted by molar-refractivity contribution is 0.112. The quantitative estimate of drug-likeness (QED) is 0.376. The summed E-state index contributed by atoms with van der Waals surface area (Å²) in [6, 6.07) is 17.4. The molecule has 0 aliphatic rings.